The predicted octanol–water partition coefficient (Wildman–Crippen LogP) is 4.77. The van der Waals surface area contributed by atoms with Crippen molar-refractivity contribution in [1.29, 1.82) is 0 Å². The number of piperidine rings is 1. The molecule has 0 aromatic rings. The van der Waals surface area contributed by atoms with Gasteiger partial charge < -0.3 is 29.7 Å². The van der Waals surface area contributed by atoms with E-state index >= 15 is 0 Å². The van der Waals surface area contributed by atoms with E-state index in [0.717, 1.165) is 24.7 Å². The molecule has 0 aromatic heterocycles. The Labute approximate surface area is 285 Å². The monoisotopic (exact) mass is 675 g/mol. The SMILES string of the molecule is C/C(=C/O)C(=O)CC(OC(=O)[C@@H]1CCCCN1C(=O)C(=O)[C@]1(O)O[C@H](C[C@H](C)/C(C)=C/C=O)CC[C@H]1C)[C@H](C)C[C@@H]1CC[C@@H](O)[C@H](C)C1. The van der Waals surface area contributed by atoms with Crippen LogP contribution in [0.4, 0.5) is 0 Å². The number of hydrogen-bond acceptors (Lipinski definition) is 10. The fourth-order valence-corrected chi connectivity index (χ4v) is 7.44. The highest BCUT2D eigenvalue weighted by atomic mass is 16.6. The summed E-state index contributed by atoms with van der Waals surface area (Å²) in [5, 5.41) is 31.2. The molecule has 48 heavy (non-hydrogen) atoms. The summed E-state index contributed by atoms with van der Waals surface area (Å²) in [5.41, 5.74) is 0.979. The van der Waals surface area contributed by atoms with Crippen LogP contribution in [0.5, 0.6) is 0 Å². The second-order valence-corrected chi connectivity index (χ2v) is 14.8. The predicted molar refractivity (Wildman–Crippen MR) is 178 cm³/mol. The van der Waals surface area contributed by atoms with Crippen molar-refractivity contribution in [3.05, 3.63) is 23.5 Å². The lowest BCUT2D eigenvalue weighted by molar-refractivity contribution is -0.264. The number of carbonyl (C=O) groups is 5. The second kappa shape index (κ2) is 17.7. The molecule has 3 N–H and O–H groups in total. The van der Waals surface area contributed by atoms with Crippen molar-refractivity contribution in [3.63, 3.8) is 0 Å². The van der Waals surface area contributed by atoms with Crippen LogP contribution in [0.1, 0.15) is 112 Å². The summed E-state index contributed by atoms with van der Waals surface area (Å²) in [4.78, 5) is 66.3. The topological polar surface area (TPSA) is 168 Å². The van der Waals surface area contributed by atoms with Crippen LogP contribution in [0.2, 0.25) is 0 Å². The van der Waals surface area contributed by atoms with Crippen LogP contribution in [0.3, 0.4) is 0 Å². The van der Waals surface area contributed by atoms with Crippen molar-refractivity contribution in [2.45, 2.75) is 142 Å². The fraction of sp³-hybridized carbons (Fsp3) is 0.757. The normalized spacial score (nSPS) is 32.1. The molecule has 1 unspecified atom stereocenters. The van der Waals surface area contributed by atoms with Gasteiger partial charge in [-0.3, -0.25) is 19.2 Å². The minimum atomic E-state index is -2.36. The Morgan fingerprint density at radius 1 is 1.02 bits per heavy atom. The van der Waals surface area contributed by atoms with Gasteiger partial charge in [0.05, 0.1) is 18.5 Å². The van der Waals surface area contributed by atoms with E-state index in [1.807, 2.05) is 27.7 Å². The molecule has 3 rings (SSSR count). The number of ketones is 2. The minimum absolute atomic E-state index is 0.0445. The van der Waals surface area contributed by atoms with Gasteiger partial charge in [0, 0.05) is 24.5 Å². The first kappa shape index (κ1) is 39.5. The van der Waals surface area contributed by atoms with Crippen molar-refractivity contribution in [1.82, 2.24) is 4.90 Å². The third-order valence-corrected chi connectivity index (χ3v) is 11.1. The summed E-state index contributed by atoms with van der Waals surface area (Å²) >= 11 is 0. The fourth-order valence-electron chi connectivity index (χ4n) is 7.44. The van der Waals surface area contributed by atoms with E-state index in [9.17, 15) is 39.3 Å². The molecular formula is C37H57NO10. The molecule has 11 nitrogen and oxygen atoms in total. The summed E-state index contributed by atoms with van der Waals surface area (Å²) in [6.45, 7) is 10.9. The molecular weight excluding hydrogens is 618 g/mol. The number of Topliss-reactive ketones (excluding diaryl/α,β-unsaturated/α-hetero) is 2. The zero-order chi connectivity index (χ0) is 35.8. The van der Waals surface area contributed by atoms with Gasteiger partial charge in [0.2, 0.25) is 5.79 Å². The number of likely N-dealkylation sites (tertiary alicyclic amines) is 1. The van der Waals surface area contributed by atoms with E-state index in [1.54, 1.807) is 6.92 Å². The number of aliphatic hydroxyl groups is 3. The molecule has 3 fully saturated rings. The zero-order valence-electron chi connectivity index (χ0n) is 29.6. The molecule has 0 radical (unpaired) electrons. The first-order chi connectivity index (χ1) is 22.6. The molecule has 0 bridgehead atoms. The molecule has 1 amide bonds. The second-order valence-electron chi connectivity index (χ2n) is 14.8. The molecule has 0 aromatic carbocycles. The van der Waals surface area contributed by atoms with Gasteiger partial charge in [-0.15, -0.1) is 0 Å². The molecule has 2 aliphatic heterocycles. The highest BCUT2D eigenvalue weighted by Crippen LogP contribution is 2.38. The molecule has 3 aliphatic rings. The number of hydrogen-bond donors (Lipinski definition) is 3. The van der Waals surface area contributed by atoms with Crippen molar-refractivity contribution >= 4 is 29.7 Å². The number of ether oxygens (including phenoxy) is 2. The van der Waals surface area contributed by atoms with E-state index in [-0.39, 0.29) is 60.5 Å². The summed E-state index contributed by atoms with van der Waals surface area (Å²) < 4.78 is 12.0. The van der Waals surface area contributed by atoms with Crippen molar-refractivity contribution in [2.75, 3.05) is 6.54 Å². The number of aldehydes is 1. The van der Waals surface area contributed by atoms with Crippen LogP contribution in [0.25, 0.3) is 0 Å². The van der Waals surface area contributed by atoms with E-state index < -0.39 is 47.6 Å². The lowest BCUT2D eigenvalue weighted by atomic mass is 9.75. The number of nitrogens with zero attached hydrogens (tertiary/aromatic N) is 1. The van der Waals surface area contributed by atoms with Gasteiger partial charge in [-0.1, -0.05) is 33.3 Å². The van der Waals surface area contributed by atoms with Crippen LogP contribution in [-0.4, -0.2) is 86.6 Å². The Kier molecular flexibility index (Phi) is 14.6. The molecule has 270 valence electrons. The van der Waals surface area contributed by atoms with Gasteiger partial charge >= 0.3 is 5.97 Å². The van der Waals surface area contributed by atoms with Gasteiger partial charge in [0.25, 0.3) is 11.7 Å². The third kappa shape index (κ3) is 9.85. The molecule has 0 spiro atoms. The molecule has 2 saturated heterocycles. The molecule has 2 heterocycles. The van der Waals surface area contributed by atoms with Gasteiger partial charge in [-0.25, -0.2) is 4.79 Å². The van der Waals surface area contributed by atoms with Crippen LogP contribution < -0.4 is 0 Å². The standard InChI is InChI=1S/C37H57NO10/c1-22(14-16-39)23(2)19-29-12-10-27(6)37(46,48-29)34(43)35(44)38-15-8-7-9-30(38)36(45)47-33(20-32(42)26(5)21-40)25(4)18-28-11-13-31(41)24(3)17-28/h14,16,21,23-25,27-31,33,40-41,46H,7-13,15,17-20H2,1-6H3/b22-14+,26-21-/t23-,24+,25+,27+,28+,29-,30-,31+,33?,37+/m0/s1. The van der Waals surface area contributed by atoms with Gasteiger partial charge in [-0.05, 0) is 108 Å². The largest absolute Gasteiger partial charge is 0.515 e. The average molecular weight is 676 g/mol. The molecule has 1 aliphatic carbocycles. The first-order valence-electron chi connectivity index (χ1n) is 17.7. The maximum atomic E-state index is 13.8. The van der Waals surface area contributed by atoms with E-state index in [2.05, 4.69) is 0 Å². The maximum absolute atomic E-state index is 13.8. The quantitative estimate of drug-likeness (QED) is 0.0767. The number of allylic oxidation sites excluding steroid dienone is 3. The number of rotatable bonds is 14. The van der Waals surface area contributed by atoms with Crippen molar-refractivity contribution in [3.8, 4) is 0 Å². The van der Waals surface area contributed by atoms with Crippen molar-refractivity contribution < 1.29 is 48.8 Å². The number of amides is 1. The van der Waals surface area contributed by atoms with Crippen LogP contribution >= 0.6 is 0 Å². The van der Waals surface area contributed by atoms with E-state index in [1.165, 1.54) is 17.9 Å². The summed E-state index contributed by atoms with van der Waals surface area (Å²) in [5.74, 6) is -6.09. The van der Waals surface area contributed by atoms with Gasteiger partial charge in [-0.2, -0.15) is 0 Å². The Morgan fingerprint density at radius 2 is 1.73 bits per heavy atom. The zero-order valence-corrected chi connectivity index (χ0v) is 29.6. The van der Waals surface area contributed by atoms with Gasteiger partial charge in [0.15, 0.2) is 5.78 Å². The lowest BCUT2D eigenvalue weighted by Gasteiger charge is -2.42. The van der Waals surface area contributed by atoms with Gasteiger partial charge in [0.1, 0.15) is 18.4 Å². The molecule has 1 saturated carbocycles. The van der Waals surface area contributed by atoms with Crippen LogP contribution in [0, 0.1) is 29.6 Å². The molecule has 10 atom stereocenters. The Hall–Kier alpha value is -2.89. The summed E-state index contributed by atoms with van der Waals surface area (Å²) in [6, 6.07) is -1.08. The van der Waals surface area contributed by atoms with Crippen molar-refractivity contribution in [2.24, 2.45) is 29.6 Å². The smallest absolute Gasteiger partial charge is 0.329 e. The third-order valence-electron chi connectivity index (χ3n) is 11.1. The average Bonchev–Trinajstić information content (AvgIpc) is 3.06. The highest BCUT2D eigenvalue weighted by molar-refractivity contribution is 6.39. The Morgan fingerprint density at radius 3 is 2.38 bits per heavy atom. The van der Waals surface area contributed by atoms with E-state index in [4.69, 9.17) is 9.47 Å². The number of aliphatic hydroxyl groups excluding tert-OH is 2. The molecule has 11 heteroatoms. The Bertz CT molecular complexity index is 1230. The number of esters is 1. The first-order valence-corrected chi connectivity index (χ1v) is 17.7. The van der Waals surface area contributed by atoms with Crippen LogP contribution in [-0.2, 0) is 33.4 Å². The summed E-state index contributed by atoms with van der Waals surface area (Å²) in [7, 11) is 0. The highest BCUT2D eigenvalue weighted by Gasteiger charge is 2.53. The lowest BCUT2D eigenvalue weighted by Crippen LogP contribution is -2.60. The maximum Gasteiger partial charge on any atom is 0.329 e. The van der Waals surface area contributed by atoms with E-state index in [0.29, 0.717) is 51.2 Å². The minimum Gasteiger partial charge on any atom is -0.515 e. The number of carbonyl (C=O) groups excluding carboxylic acids is 5. The Balaban J connectivity index is 1.77. The van der Waals surface area contributed by atoms with Crippen LogP contribution in [0.15, 0.2) is 23.5 Å². The summed E-state index contributed by atoms with van der Waals surface area (Å²) in [6.07, 6.45) is 7.01.